The predicted octanol–water partition coefficient (Wildman–Crippen LogP) is 4.64. The molecule has 0 atom stereocenters. The summed E-state index contributed by atoms with van der Waals surface area (Å²) in [4.78, 5) is 4.05. The number of thioether (sulfide) groups is 1. The van der Waals surface area contributed by atoms with E-state index >= 15 is 0 Å². The second-order valence-electron chi connectivity index (χ2n) is 4.49. The summed E-state index contributed by atoms with van der Waals surface area (Å²) in [6, 6.07) is 6.01. The molecule has 0 fully saturated rings. The summed E-state index contributed by atoms with van der Waals surface area (Å²) in [6.45, 7) is 4.51. The van der Waals surface area contributed by atoms with Gasteiger partial charge in [0.2, 0.25) is 0 Å². The first-order valence-corrected chi connectivity index (χ1v) is 9.24. The lowest BCUT2D eigenvalue weighted by atomic mass is 10.2. The fourth-order valence-corrected chi connectivity index (χ4v) is 4.17. The molecule has 0 bridgehead atoms. The molecule has 3 heterocycles. The maximum Gasteiger partial charge on any atom is 0.192 e. The molecule has 0 aliphatic carbocycles. The van der Waals surface area contributed by atoms with Crippen molar-refractivity contribution < 1.29 is 0 Å². The van der Waals surface area contributed by atoms with E-state index in [0.717, 1.165) is 26.1 Å². The second-order valence-corrected chi connectivity index (χ2v) is 7.72. The molecule has 0 saturated carbocycles. The first-order chi connectivity index (χ1) is 10.8. The zero-order valence-corrected chi connectivity index (χ0v) is 14.9. The van der Waals surface area contributed by atoms with Crippen LogP contribution in [0.2, 0.25) is 0 Å². The highest BCUT2D eigenvalue weighted by Gasteiger charge is 2.13. The number of rotatable bonds is 6. The van der Waals surface area contributed by atoms with Crippen molar-refractivity contribution in [1.29, 1.82) is 0 Å². The van der Waals surface area contributed by atoms with Crippen LogP contribution in [0.5, 0.6) is 0 Å². The predicted molar refractivity (Wildman–Crippen MR) is 95.0 cm³/mol. The van der Waals surface area contributed by atoms with Gasteiger partial charge in [0, 0.05) is 30.3 Å². The van der Waals surface area contributed by atoms with E-state index in [2.05, 4.69) is 53.7 Å². The van der Waals surface area contributed by atoms with Crippen molar-refractivity contribution in [3.63, 3.8) is 0 Å². The van der Waals surface area contributed by atoms with Crippen LogP contribution in [0.4, 0.5) is 0 Å². The van der Waals surface area contributed by atoms with Crippen LogP contribution in [0, 0.1) is 0 Å². The molecule has 3 aromatic rings. The van der Waals surface area contributed by atoms with Crippen LogP contribution in [0.15, 0.2) is 57.6 Å². The normalized spacial score (nSPS) is 10.8. The molecule has 0 unspecified atom stereocenters. The van der Waals surface area contributed by atoms with Crippen LogP contribution in [0.25, 0.3) is 11.4 Å². The Morgan fingerprint density at radius 2 is 2.14 bits per heavy atom. The van der Waals surface area contributed by atoms with E-state index in [1.165, 1.54) is 5.56 Å². The van der Waals surface area contributed by atoms with Crippen LogP contribution in [-0.2, 0) is 12.3 Å². The van der Waals surface area contributed by atoms with Gasteiger partial charge in [-0.2, -0.15) is 0 Å². The molecule has 0 radical (unpaired) electrons. The van der Waals surface area contributed by atoms with Gasteiger partial charge in [0.05, 0.1) is 3.79 Å². The van der Waals surface area contributed by atoms with E-state index in [9.17, 15) is 0 Å². The van der Waals surface area contributed by atoms with Gasteiger partial charge >= 0.3 is 0 Å². The summed E-state index contributed by atoms with van der Waals surface area (Å²) >= 11 is 6.86. The van der Waals surface area contributed by atoms with E-state index in [-0.39, 0.29) is 0 Å². The van der Waals surface area contributed by atoms with E-state index in [0.29, 0.717) is 6.54 Å². The van der Waals surface area contributed by atoms with Crippen LogP contribution in [0.1, 0.15) is 5.56 Å². The van der Waals surface area contributed by atoms with Crippen molar-refractivity contribution in [3.8, 4) is 11.4 Å². The molecule has 0 aliphatic rings. The molecule has 112 valence electrons. The Morgan fingerprint density at radius 3 is 2.82 bits per heavy atom. The lowest BCUT2D eigenvalue weighted by Crippen LogP contribution is -2.00. The number of pyridine rings is 1. The highest BCUT2D eigenvalue weighted by atomic mass is 79.9. The lowest BCUT2D eigenvalue weighted by Gasteiger charge is -2.07. The molecular formula is C15H13BrN4S2. The average molecular weight is 393 g/mol. The van der Waals surface area contributed by atoms with Gasteiger partial charge in [-0.3, -0.25) is 9.55 Å². The van der Waals surface area contributed by atoms with Gasteiger partial charge in [0.25, 0.3) is 0 Å². The van der Waals surface area contributed by atoms with Gasteiger partial charge in [0.1, 0.15) is 0 Å². The van der Waals surface area contributed by atoms with Gasteiger partial charge < -0.3 is 0 Å². The van der Waals surface area contributed by atoms with Crippen molar-refractivity contribution in [3.05, 3.63) is 58.0 Å². The molecule has 0 spiro atoms. The highest BCUT2D eigenvalue weighted by molar-refractivity contribution is 9.11. The summed E-state index contributed by atoms with van der Waals surface area (Å²) in [7, 11) is 0. The Bertz CT molecular complexity index is 767. The zero-order chi connectivity index (χ0) is 15.4. The molecule has 0 aliphatic heterocycles. The Balaban J connectivity index is 1.85. The summed E-state index contributed by atoms with van der Waals surface area (Å²) in [6.07, 6.45) is 5.38. The van der Waals surface area contributed by atoms with E-state index in [4.69, 9.17) is 0 Å². The standard InChI is InChI=1S/C15H13BrN4S2/c1-2-7-20-14(12-3-5-17-6-4-12)18-19-15(20)22-10-11-8-13(16)21-9-11/h2-6,8-9H,1,7,10H2. The van der Waals surface area contributed by atoms with Gasteiger partial charge in [-0.05, 0) is 45.1 Å². The Morgan fingerprint density at radius 1 is 1.32 bits per heavy atom. The molecule has 0 saturated heterocycles. The molecule has 22 heavy (non-hydrogen) atoms. The second kappa shape index (κ2) is 7.21. The fourth-order valence-electron chi connectivity index (χ4n) is 1.97. The van der Waals surface area contributed by atoms with Crippen LogP contribution in [0.3, 0.4) is 0 Å². The summed E-state index contributed by atoms with van der Waals surface area (Å²) in [5.74, 6) is 1.71. The molecule has 0 N–H and O–H groups in total. The van der Waals surface area contributed by atoms with E-state index in [1.54, 1.807) is 35.5 Å². The third-order valence-electron chi connectivity index (χ3n) is 2.96. The molecule has 0 amide bonds. The fraction of sp³-hybridized carbons (Fsp3) is 0.133. The number of hydrogen-bond acceptors (Lipinski definition) is 5. The third-order valence-corrected chi connectivity index (χ3v) is 5.55. The van der Waals surface area contributed by atoms with Gasteiger partial charge in [-0.15, -0.1) is 28.1 Å². The number of nitrogens with zero attached hydrogens (tertiary/aromatic N) is 4. The molecule has 4 nitrogen and oxygen atoms in total. The topological polar surface area (TPSA) is 43.6 Å². The SMILES string of the molecule is C=CCn1c(SCc2csc(Br)c2)nnc1-c1ccncc1. The van der Waals surface area contributed by atoms with Crippen molar-refractivity contribution in [2.45, 2.75) is 17.5 Å². The molecule has 0 aromatic carbocycles. The van der Waals surface area contributed by atoms with Crippen LogP contribution < -0.4 is 0 Å². The number of halogens is 1. The Kier molecular flexibility index (Phi) is 5.07. The molecule has 3 rings (SSSR count). The highest BCUT2D eigenvalue weighted by Crippen LogP contribution is 2.29. The van der Waals surface area contributed by atoms with Crippen molar-refractivity contribution >= 4 is 39.0 Å². The van der Waals surface area contributed by atoms with Crippen LogP contribution in [-0.4, -0.2) is 19.7 Å². The monoisotopic (exact) mass is 392 g/mol. The van der Waals surface area contributed by atoms with Gasteiger partial charge in [-0.1, -0.05) is 17.8 Å². The zero-order valence-electron chi connectivity index (χ0n) is 11.6. The largest absolute Gasteiger partial charge is 0.298 e. The number of thiophene rings is 1. The quantitative estimate of drug-likeness (QED) is 0.452. The number of allylic oxidation sites excluding steroid dienone is 1. The van der Waals surface area contributed by atoms with Gasteiger partial charge in [0.15, 0.2) is 11.0 Å². The van der Waals surface area contributed by atoms with Crippen molar-refractivity contribution in [1.82, 2.24) is 19.7 Å². The number of aromatic nitrogens is 4. The van der Waals surface area contributed by atoms with Crippen LogP contribution >= 0.6 is 39.0 Å². The minimum Gasteiger partial charge on any atom is -0.298 e. The average Bonchev–Trinajstić information content (AvgIpc) is 3.13. The minimum atomic E-state index is 0.681. The Hall–Kier alpha value is -1.44. The summed E-state index contributed by atoms with van der Waals surface area (Å²) < 4.78 is 3.22. The third kappa shape index (κ3) is 3.48. The molecule has 3 aromatic heterocycles. The first kappa shape index (κ1) is 15.5. The number of hydrogen-bond donors (Lipinski definition) is 0. The Labute approximate surface area is 145 Å². The molecule has 7 heteroatoms. The lowest BCUT2D eigenvalue weighted by molar-refractivity contribution is 0.731. The maximum absolute atomic E-state index is 4.33. The van der Waals surface area contributed by atoms with Crippen molar-refractivity contribution in [2.75, 3.05) is 0 Å². The maximum atomic E-state index is 4.33. The smallest absolute Gasteiger partial charge is 0.192 e. The van der Waals surface area contributed by atoms with E-state index in [1.807, 2.05) is 18.2 Å². The summed E-state index contributed by atoms with van der Waals surface area (Å²) in [5.41, 5.74) is 2.29. The van der Waals surface area contributed by atoms with Gasteiger partial charge in [-0.25, -0.2) is 0 Å². The first-order valence-electron chi connectivity index (χ1n) is 6.58. The van der Waals surface area contributed by atoms with Crippen molar-refractivity contribution in [2.24, 2.45) is 0 Å². The summed E-state index contributed by atoms with van der Waals surface area (Å²) in [5, 5.41) is 11.7. The molecular weight excluding hydrogens is 380 g/mol. The minimum absolute atomic E-state index is 0.681. The van der Waals surface area contributed by atoms with E-state index < -0.39 is 0 Å².